The van der Waals surface area contributed by atoms with Gasteiger partial charge in [-0.1, -0.05) is 30.3 Å². The van der Waals surface area contributed by atoms with E-state index >= 15 is 0 Å². The van der Waals surface area contributed by atoms with E-state index in [1.165, 1.54) is 0 Å². The Bertz CT molecular complexity index is 1550. The number of imide groups is 1. The predicted octanol–water partition coefficient (Wildman–Crippen LogP) is 3.37. The summed E-state index contributed by atoms with van der Waals surface area (Å²) in [4.78, 5) is 53.2. The van der Waals surface area contributed by atoms with E-state index in [9.17, 15) is 19.2 Å². The zero-order chi connectivity index (χ0) is 25.0. The molecule has 176 valence electrons. The number of ketones is 1. The number of carbonyl (C=O) groups is 3. The maximum atomic E-state index is 13.5. The topological polar surface area (TPSA) is 86.3 Å². The van der Waals surface area contributed by atoms with Gasteiger partial charge in [-0.15, -0.1) is 0 Å². The van der Waals surface area contributed by atoms with Gasteiger partial charge in [0.25, 0.3) is 17.4 Å². The molecule has 4 aromatic rings. The Balaban J connectivity index is 1.53. The first-order chi connectivity index (χ1) is 16.7. The molecule has 0 unspecified atom stereocenters. The van der Waals surface area contributed by atoms with Crippen molar-refractivity contribution in [1.82, 2.24) is 18.8 Å². The smallest absolute Gasteiger partial charge is 0.295 e. The first-order valence-corrected chi connectivity index (χ1v) is 11.2. The van der Waals surface area contributed by atoms with Crippen LogP contribution in [0.2, 0.25) is 0 Å². The average molecular weight is 469 g/mol. The molecule has 8 heteroatoms. The quantitative estimate of drug-likeness (QED) is 0.332. The number of hydrogen-bond acceptors (Lipinski definition) is 4. The van der Waals surface area contributed by atoms with Gasteiger partial charge >= 0.3 is 0 Å². The molecule has 0 atom stereocenters. The lowest BCUT2D eigenvalue weighted by Gasteiger charge is -2.13. The summed E-state index contributed by atoms with van der Waals surface area (Å²) in [6, 6.07) is 17.6. The zero-order valence-electron chi connectivity index (χ0n) is 19.9. The fourth-order valence-corrected chi connectivity index (χ4v) is 4.81. The second-order valence-corrected chi connectivity index (χ2v) is 8.70. The van der Waals surface area contributed by atoms with Gasteiger partial charge in [-0.3, -0.25) is 28.8 Å². The first kappa shape index (κ1) is 22.3. The van der Waals surface area contributed by atoms with Crippen molar-refractivity contribution in [3.63, 3.8) is 0 Å². The Hall–Kier alpha value is -4.46. The molecule has 5 rings (SSSR count). The summed E-state index contributed by atoms with van der Waals surface area (Å²) in [5, 5.41) is 0. The Morgan fingerprint density at radius 2 is 1.37 bits per heavy atom. The molecule has 2 aromatic heterocycles. The van der Waals surface area contributed by atoms with Crippen molar-refractivity contribution >= 4 is 17.6 Å². The molecule has 35 heavy (non-hydrogen) atoms. The molecule has 0 saturated carbocycles. The van der Waals surface area contributed by atoms with Crippen LogP contribution in [0.25, 0.3) is 11.4 Å². The largest absolute Gasteiger partial charge is 0.311 e. The van der Waals surface area contributed by atoms with Crippen LogP contribution in [0.4, 0.5) is 0 Å². The van der Waals surface area contributed by atoms with Crippen LogP contribution < -0.4 is 5.56 Å². The minimum atomic E-state index is -0.475. The van der Waals surface area contributed by atoms with Crippen LogP contribution in [0.1, 0.15) is 48.2 Å². The van der Waals surface area contributed by atoms with E-state index in [0.29, 0.717) is 33.8 Å². The van der Waals surface area contributed by atoms with E-state index in [4.69, 9.17) is 0 Å². The number of para-hydroxylation sites is 1. The van der Waals surface area contributed by atoms with E-state index in [1.54, 1.807) is 51.2 Å². The molecule has 3 heterocycles. The summed E-state index contributed by atoms with van der Waals surface area (Å²) in [6.07, 6.45) is 0. The van der Waals surface area contributed by atoms with Crippen molar-refractivity contribution in [1.29, 1.82) is 0 Å². The average Bonchev–Trinajstić information content (AvgIpc) is 3.36. The van der Waals surface area contributed by atoms with Gasteiger partial charge < -0.3 is 4.57 Å². The molecule has 0 saturated heterocycles. The van der Waals surface area contributed by atoms with Crippen molar-refractivity contribution in [2.24, 2.45) is 7.05 Å². The maximum absolute atomic E-state index is 13.5. The van der Waals surface area contributed by atoms with Crippen LogP contribution in [0.15, 0.2) is 65.5 Å². The van der Waals surface area contributed by atoms with Gasteiger partial charge in [0, 0.05) is 24.0 Å². The number of rotatable bonds is 5. The number of hydrogen-bond donors (Lipinski definition) is 0. The Morgan fingerprint density at radius 3 is 1.97 bits per heavy atom. The molecule has 0 fully saturated rings. The SMILES string of the molecule is Cc1cc(C(=O)CN2C(=O)c3ccccc3C2=O)c(C)n1-c1c(C)n(C)n(-c2ccccc2)c1=O. The molecule has 2 amide bonds. The van der Waals surface area contributed by atoms with Crippen molar-refractivity contribution in [2.75, 3.05) is 6.54 Å². The van der Waals surface area contributed by atoms with Gasteiger partial charge in [0.15, 0.2) is 5.78 Å². The van der Waals surface area contributed by atoms with E-state index < -0.39 is 11.8 Å². The van der Waals surface area contributed by atoms with E-state index in [-0.39, 0.29) is 17.9 Å². The van der Waals surface area contributed by atoms with E-state index in [0.717, 1.165) is 16.3 Å². The summed E-state index contributed by atoms with van der Waals surface area (Å²) in [7, 11) is 1.82. The Labute approximate surface area is 201 Å². The number of benzene rings is 2. The molecule has 0 N–H and O–H groups in total. The third-order valence-corrected chi connectivity index (χ3v) is 6.66. The maximum Gasteiger partial charge on any atom is 0.295 e. The van der Waals surface area contributed by atoms with Crippen molar-refractivity contribution in [3.8, 4) is 11.4 Å². The zero-order valence-corrected chi connectivity index (χ0v) is 19.9. The molecule has 1 aliphatic heterocycles. The van der Waals surface area contributed by atoms with Crippen molar-refractivity contribution < 1.29 is 14.4 Å². The summed E-state index contributed by atoms with van der Waals surface area (Å²) >= 11 is 0. The second-order valence-electron chi connectivity index (χ2n) is 8.70. The predicted molar refractivity (Wildman–Crippen MR) is 131 cm³/mol. The Morgan fingerprint density at radius 1 is 0.800 bits per heavy atom. The number of fused-ring (bicyclic) bond motifs is 1. The van der Waals surface area contributed by atoms with Crippen LogP contribution in [0, 0.1) is 20.8 Å². The summed E-state index contributed by atoms with van der Waals surface area (Å²) in [5.41, 5.74) is 3.97. The van der Waals surface area contributed by atoms with Crippen LogP contribution >= 0.6 is 0 Å². The first-order valence-electron chi connectivity index (χ1n) is 11.2. The Kier molecular flexibility index (Phi) is 5.16. The van der Waals surface area contributed by atoms with Gasteiger partial charge in [-0.05, 0) is 51.1 Å². The number of amides is 2. The highest BCUT2D eigenvalue weighted by molar-refractivity contribution is 6.23. The molecular weight excluding hydrogens is 444 g/mol. The van der Waals surface area contributed by atoms with Gasteiger partial charge in [-0.2, -0.15) is 0 Å². The normalized spacial score (nSPS) is 13.0. The molecule has 1 aliphatic rings. The number of nitrogens with zero attached hydrogens (tertiary/aromatic N) is 4. The standard InChI is InChI=1S/C27H24N4O4/c1-16-14-22(23(32)15-29-25(33)20-12-8-9-13-21(20)26(29)34)17(2)30(16)24-18(3)28(4)31(27(24)35)19-10-6-5-7-11-19/h5-14H,15H2,1-4H3. The fraction of sp³-hybridized carbons (Fsp3) is 0.185. The number of aromatic nitrogens is 3. The summed E-state index contributed by atoms with van der Waals surface area (Å²) in [5.74, 6) is -1.31. The summed E-state index contributed by atoms with van der Waals surface area (Å²) < 4.78 is 5.14. The second kappa shape index (κ2) is 8.09. The highest BCUT2D eigenvalue weighted by Crippen LogP contribution is 2.26. The number of aryl methyl sites for hydroxylation is 1. The molecule has 0 radical (unpaired) electrons. The lowest BCUT2D eigenvalue weighted by molar-refractivity contribution is 0.0624. The fourth-order valence-electron chi connectivity index (χ4n) is 4.81. The number of Topliss-reactive ketones (excluding diaryl/α,β-unsaturated/α-hetero) is 1. The molecule has 0 spiro atoms. The van der Waals surface area contributed by atoms with Crippen LogP contribution in [0.5, 0.6) is 0 Å². The van der Waals surface area contributed by atoms with Gasteiger partial charge in [0.2, 0.25) is 0 Å². The van der Waals surface area contributed by atoms with E-state index in [1.807, 2.05) is 51.2 Å². The minimum absolute atomic E-state index is 0.211. The minimum Gasteiger partial charge on any atom is -0.311 e. The molecule has 0 bridgehead atoms. The van der Waals surface area contributed by atoms with E-state index in [2.05, 4.69) is 0 Å². The van der Waals surface area contributed by atoms with Gasteiger partial charge in [0.1, 0.15) is 5.69 Å². The monoisotopic (exact) mass is 468 g/mol. The molecule has 2 aromatic carbocycles. The van der Waals surface area contributed by atoms with Gasteiger partial charge in [-0.25, -0.2) is 4.68 Å². The van der Waals surface area contributed by atoms with Crippen LogP contribution in [-0.2, 0) is 7.05 Å². The lowest BCUT2D eigenvalue weighted by atomic mass is 10.1. The number of carbonyl (C=O) groups excluding carboxylic acids is 3. The van der Waals surface area contributed by atoms with Gasteiger partial charge in [0.05, 0.1) is 29.1 Å². The molecule has 8 nitrogen and oxygen atoms in total. The molecular formula is C27H24N4O4. The highest BCUT2D eigenvalue weighted by Gasteiger charge is 2.37. The highest BCUT2D eigenvalue weighted by atomic mass is 16.2. The third kappa shape index (κ3) is 3.29. The lowest BCUT2D eigenvalue weighted by Crippen LogP contribution is -2.35. The van der Waals surface area contributed by atoms with Crippen LogP contribution in [-0.4, -0.2) is 43.0 Å². The third-order valence-electron chi connectivity index (χ3n) is 6.66. The molecule has 0 aliphatic carbocycles. The summed E-state index contributed by atoms with van der Waals surface area (Å²) in [6.45, 7) is 5.08. The van der Waals surface area contributed by atoms with Crippen molar-refractivity contribution in [2.45, 2.75) is 20.8 Å². The van der Waals surface area contributed by atoms with Crippen LogP contribution in [0.3, 0.4) is 0 Å². The van der Waals surface area contributed by atoms with Crippen molar-refractivity contribution in [3.05, 3.63) is 105 Å².